The zero-order chi connectivity index (χ0) is 17.7. The Morgan fingerprint density at radius 3 is 2.29 bits per heavy atom. The Kier molecular flexibility index (Phi) is 5.93. The fraction of sp³-hybridized carbons (Fsp3) is 0.562. The molecule has 8 heteroatoms. The van der Waals surface area contributed by atoms with Crippen molar-refractivity contribution in [2.45, 2.75) is 51.6 Å². The molecule has 0 aromatic carbocycles. The molecule has 2 aromatic heterocycles. The Balaban J connectivity index is 2.36. The summed E-state index contributed by atoms with van der Waals surface area (Å²) in [6, 6.07) is 0. The van der Waals surface area contributed by atoms with Gasteiger partial charge in [-0.2, -0.15) is 18.3 Å². The zero-order valence-electron chi connectivity index (χ0n) is 13.7. The van der Waals surface area contributed by atoms with E-state index in [0.29, 0.717) is 12.8 Å². The normalized spacial score (nSPS) is 12.1. The van der Waals surface area contributed by atoms with Crippen LogP contribution in [0.3, 0.4) is 0 Å². The molecule has 0 radical (unpaired) electrons. The number of alkyl halides is 3. The van der Waals surface area contributed by atoms with Gasteiger partial charge in [0, 0.05) is 31.1 Å². The van der Waals surface area contributed by atoms with Crippen molar-refractivity contribution < 1.29 is 18.3 Å². The average Bonchev–Trinajstić information content (AvgIpc) is 2.97. The molecule has 0 amide bonds. The monoisotopic (exact) mass is 342 g/mol. The summed E-state index contributed by atoms with van der Waals surface area (Å²) in [7, 11) is 0. The van der Waals surface area contributed by atoms with E-state index in [1.54, 1.807) is 6.20 Å². The van der Waals surface area contributed by atoms with Crippen LogP contribution in [0.4, 0.5) is 13.2 Å². The predicted molar refractivity (Wildman–Crippen MR) is 82.9 cm³/mol. The van der Waals surface area contributed by atoms with Gasteiger partial charge in [0.25, 0.3) is 0 Å². The lowest BCUT2D eigenvalue weighted by Gasteiger charge is -2.11. The Morgan fingerprint density at radius 1 is 1.17 bits per heavy atom. The van der Waals surface area contributed by atoms with E-state index in [2.05, 4.69) is 28.9 Å². The lowest BCUT2D eigenvalue weighted by Crippen LogP contribution is -2.09. The second kappa shape index (κ2) is 7.74. The summed E-state index contributed by atoms with van der Waals surface area (Å²) >= 11 is 0. The van der Waals surface area contributed by atoms with Gasteiger partial charge in [-0.25, -0.2) is 14.6 Å². The highest BCUT2D eigenvalue weighted by Crippen LogP contribution is 2.29. The molecule has 0 atom stereocenters. The van der Waals surface area contributed by atoms with Gasteiger partial charge >= 0.3 is 6.18 Å². The second-order valence-electron chi connectivity index (χ2n) is 5.59. The van der Waals surface area contributed by atoms with E-state index in [9.17, 15) is 13.2 Å². The molecule has 0 fully saturated rings. The number of nitrogens with zero attached hydrogens (tertiary/aromatic N) is 4. The van der Waals surface area contributed by atoms with Crippen LogP contribution in [0.2, 0.25) is 0 Å². The van der Waals surface area contributed by atoms with Gasteiger partial charge in [0.15, 0.2) is 0 Å². The SMILES string of the molecule is CCC(CC)c1nn(-c2ncc(C(F)(F)F)cn2)cc1CCCO. The van der Waals surface area contributed by atoms with Gasteiger partial charge in [0.2, 0.25) is 5.95 Å². The van der Waals surface area contributed by atoms with Crippen molar-refractivity contribution in [3.05, 3.63) is 35.4 Å². The number of rotatable bonds is 7. The van der Waals surface area contributed by atoms with Gasteiger partial charge in [0.05, 0.1) is 11.3 Å². The molecule has 0 saturated carbocycles. The van der Waals surface area contributed by atoms with E-state index >= 15 is 0 Å². The van der Waals surface area contributed by atoms with E-state index in [0.717, 1.165) is 36.5 Å². The van der Waals surface area contributed by atoms with Crippen LogP contribution in [0, 0.1) is 0 Å². The molecule has 0 spiro atoms. The van der Waals surface area contributed by atoms with E-state index in [-0.39, 0.29) is 18.5 Å². The molecule has 5 nitrogen and oxygen atoms in total. The fourth-order valence-corrected chi connectivity index (χ4v) is 2.59. The van der Waals surface area contributed by atoms with Crippen molar-refractivity contribution in [2.75, 3.05) is 6.61 Å². The van der Waals surface area contributed by atoms with Crippen molar-refractivity contribution in [1.82, 2.24) is 19.7 Å². The Hall–Kier alpha value is -1.96. The van der Waals surface area contributed by atoms with Gasteiger partial charge in [-0.15, -0.1) is 0 Å². The second-order valence-corrected chi connectivity index (χ2v) is 5.59. The summed E-state index contributed by atoms with van der Waals surface area (Å²) in [5.41, 5.74) is 0.984. The number of aliphatic hydroxyl groups is 1. The minimum atomic E-state index is -4.46. The molecule has 0 aliphatic heterocycles. The highest BCUT2D eigenvalue weighted by molar-refractivity contribution is 5.26. The average molecular weight is 342 g/mol. The molecule has 0 aliphatic carbocycles. The zero-order valence-corrected chi connectivity index (χ0v) is 13.7. The first kappa shape index (κ1) is 18.4. The maximum absolute atomic E-state index is 12.6. The number of aryl methyl sites for hydroxylation is 1. The van der Waals surface area contributed by atoms with Gasteiger partial charge in [-0.3, -0.25) is 0 Å². The van der Waals surface area contributed by atoms with Gasteiger partial charge < -0.3 is 5.11 Å². The van der Waals surface area contributed by atoms with Crippen LogP contribution in [0.5, 0.6) is 0 Å². The molecule has 0 unspecified atom stereocenters. The van der Waals surface area contributed by atoms with Crippen LogP contribution in [0.15, 0.2) is 18.6 Å². The quantitative estimate of drug-likeness (QED) is 0.836. The van der Waals surface area contributed by atoms with Gasteiger partial charge in [-0.05, 0) is 31.2 Å². The number of hydrogen-bond acceptors (Lipinski definition) is 4. The highest BCUT2D eigenvalue weighted by atomic mass is 19.4. The number of hydrogen-bond donors (Lipinski definition) is 1. The first-order valence-corrected chi connectivity index (χ1v) is 7.99. The van der Waals surface area contributed by atoms with Crippen LogP contribution in [-0.2, 0) is 12.6 Å². The summed E-state index contributed by atoms with van der Waals surface area (Å²) in [6.07, 6.45) is 1.88. The number of aromatic nitrogens is 4. The van der Waals surface area contributed by atoms with Crippen molar-refractivity contribution in [1.29, 1.82) is 0 Å². The first-order valence-electron chi connectivity index (χ1n) is 7.99. The molecule has 0 bridgehead atoms. The van der Waals surface area contributed by atoms with Crippen molar-refractivity contribution in [3.8, 4) is 5.95 Å². The minimum absolute atomic E-state index is 0.0737. The molecular formula is C16H21F3N4O. The molecule has 0 saturated heterocycles. The number of aliphatic hydroxyl groups excluding tert-OH is 1. The topological polar surface area (TPSA) is 63.8 Å². The number of halogens is 3. The molecule has 2 aromatic rings. The third kappa shape index (κ3) is 4.11. The van der Waals surface area contributed by atoms with Crippen LogP contribution >= 0.6 is 0 Å². The maximum atomic E-state index is 12.6. The minimum Gasteiger partial charge on any atom is -0.396 e. The highest BCUT2D eigenvalue weighted by Gasteiger charge is 2.31. The first-order chi connectivity index (χ1) is 11.4. The molecule has 132 valence electrons. The van der Waals surface area contributed by atoms with E-state index < -0.39 is 11.7 Å². The summed E-state index contributed by atoms with van der Waals surface area (Å²) in [5, 5.41) is 13.5. The van der Waals surface area contributed by atoms with Crippen LogP contribution in [0.25, 0.3) is 5.95 Å². The Bertz CT molecular complexity index is 648. The summed E-state index contributed by atoms with van der Waals surface area (Å²) in [5.74, 6) is 0.361. The van der Waals surface area contributed by atoms with Crippen LogP contribution in [0.1, 0.15) is 55.8 Å². The van der Waals surface area contributed by atoms with Crippen LogP contribution in [-0.4, -0.2) is 31.5 Å². The van der Waals surface area contributed by atoms with Crippen molar-refractivity contribution in [3.63, 3.8) is 0 Å². The molecular weight excluding hydrogens is 321 g/mol. The molecule has 2 heterocycles. The summed E-state index contributed by atoms with van der Waals surface area (Å²) in [6.45, 7) is 4.21. The predicted octanol–water partition coefficient (Wildman–Crippen LogP) is 3.51. The van der Waals surface area contributed by atoms with Gasteiger partial charge in [0.1, 0.15) is 0 Å². The maximum Gasteiger partial charge on any atom is 0.419 e. The summed E-state index contributed by atoms with van der Waals surface area (Å²) < 4.78 is 39.2. The molecule has 24 heavy (non-hydrogen) atoms. The van der Waals surface area contributed by atoms with E-state index in [4.69, 9.17) is 5.11 Å². The van der Waals surface area contributed by atoms with Crippen molar-refractivity contribution in [2.24, 2.45) is 0 Å². The van der Waals surface area contributed by atoms with E-state index in [1.165, 1.54) is 4.68 Å². The third-order valence-electron chi connectivity index (χ3n) is 3.97. The van der Waals surface area contributed by atoms with Crippen LogP contribution < -0.4 is 0 Å². The Labute approximate surface area is 138 Å². The molecule has 2 rings (SSSR count). The smallest absolute Gasteiger partial charge is 0.396 e. The van der Waals surface area contributed by atoms with Crippen molar-refractivity contribution >= 4 is 0 Å². The molecule has 1 N–H and O–H groups in total. The Morgan fingerprint density at radius 2 is 1.79 bits per heavy atom. The fourth-order valence-electron chi connectivity index (χ4n) is 2.59. The van der Waals surface area contributed by atoms with Gasteiger partial charge in [-0.1, -0.05) is 13.8 Å². The third-order valence-corrected chi connectivity index (χ3v) is 3.97. The lowest BCUT2D eigenvalue weighted by molar-refractivity contribution is -0.138. The summed E-state index contributed by atoms with van der Waals surface area (Å²) in [4.78, 5) is 7.56. The van der Waals surface area contributed by atoms with E-state index in [1.807, 2.05) is 0 Å². The lowest BCUT2D eigenvalue weighted by atomic mass is 9.95. The largest absolute Gasteiger partial charge is 0.419 e. The molecule has 0 aliphatic rings. The standard InChI is InChI=1S/C16H21F3N4O/c1-3-11(4-2)14-12(6-5-7-24)10-23(22-14)15-20-8-13(9-21-15)16(17,18)19/h8-11,24H,3-7H2,1-2H3.